The van der Waals surface area contributed by atoms with Crippen molar-refractivity contribution in [2.75, 3.05) is 7.11 Å². The Morgan fingerprint density at radius 3 is 2.53 bits per heavy atom. The van der Waals surface area contributed by atoms with Gasteiger partial charge in [0.15, 0.2) is 5.65 Å². The average molecular weight is 225 g/mol. The van der Waals surface area contributed by atoms with Crippen molar-refractivity contribution in [1.82, 2.24) is 15.0 Å². The van der Waals surface area contributed by atoms with Crippen molar-refractivity contribution in [2.45, 2.75) is 0 Å². The van der Waals surface area contributed by atoms with Crippen LogP contribution in [0.3, 0.4) is 0 Å². The molecular weight excluding hydrogens is 214 g/mol. The first kappa shape index (κ1) is 9.84. The Morgan fingerprint density at radius 1 is 1.06 bits per heavy atom. The molecule has 2 heterocycles. The van der Waals surface area contributed by atoms with E-state index in [1.807, 2.05) is 30.3 Å². The molecule has 0 aliphatic rings. The molecule has 4 heteroatoms. The Balaban J connectivity index is 2.07. The van der Waals surface area contributed by atoms with Crippen LogP contribution in [-0.4, -0.2) is 22.1 Å². The Bertz CT molecular complexity index is 610. The number of benzene rings is 1. The van der Waals surface area contributed by atoms with Crippen molar-refractivity contribution in [3.8, 4) is 17.0 Å². The molecular formula is C13H11N3O. The molecule has 0 atom stereocenters. The van der Waals surface area contributed by atoms with Crippen LogP contribution in [0.4, 0.5) is 0 Å². The van der Waals surface area contributed by atoms with E-state index in [2.05, 4.69) is 15.0 Å². The molecule has 0 fully saturated rings. The maximum atomic E-state index is 5.13. The van der Waals surface area contributed by atoms with Crippen LogP contribution in [0.15, 0.2) is 42.7 Å². The van der Waals surface area contributed by atoms with Gasteiger partial charge in [0, 0.05) is 18.1 Å². The lowest BCUT2D eigenvalue weighted by Gasteiger charge is -2.00. The lowest BCUT2D eigenvalue weighted by molar-refractivity contribution is 0.415. The molecule has 0 unspecified atom stereocenters. The molecule has 0 radical (unpaired) electrons. The minimum absolute atomic E-state index is 0.804. The summed E-state index contributed by atoms with van der Waals surface area (Å²) in [6, 6.07) is 9.86. The number of aromatic amines is 1. The third-order valence-electron chi connectivity index (χ3n) is 2.66. The summed E-state index contributed by atoms with van der Waals surface area (Å²) in [6.45, 7) is 0. The largest absolute Gasteiger partial charge is 0.497 e. The SMILES string of the molecule is COc1ccc(-c2cc3nccnc3[nH]2)cc1. The van der Waals surface area contributed by atoms with Crippen LogP contribution in [0.2, 0.25) is 0 Å². The quantitative estimate of drug-likeness (QED) is 0.729. The van der Waals surface area contributed by atoms with E-state index in [9.17, 15) is 0 Å². The highest BCUT2D eigenvalue weighted by Gasteiger charge is 2.04. The van der Waals surface area contributed by atoms with Gasteiger partial charge in [-0.15, -0.1) is 0 Å². The van der Waals surface area contributed by atoms with Gasteiger partial charge in [0.1, 0.15) is 11.3 Å². The fourth-order valence-corrected chi connectivity index (χ4v) is 1.78. The average Bonchev–Trinajstić information content (AvgIpc) is 2.82. The predicted octanol–water partition coefficient (Wildman–Crippen LogP) is 2.63. The second-order valence-electron chi connectivity index (χ2n) is 3.70. The van der Waals surface area contributed by atoms with Crippen molar-refractivity contribution in [2.24, 2.45) is 0 Å². The summed E-state index contributed by atoms with van der Waals surface area (Å²) in [4.78, 5) is 11.7. The van der Waals surface area contributed by atoms with Gasteiger partial charge in [-0.25, -0.2) is 4.98 Å². The van der Waals surface area contributed by atoms with E-state index >= 15 is 0 Å². The molecule has 0 aliphatic heterocycles. The lowest BCUT2D eigenvalue weighted by atomic mass is 10.1. The van der Waals surface area contributed by atoms with Crippen molar-refractivity contribution < 1.29 is 4.74 Å². The smallest absolute Gasteiger partial charge is 0.156 e. The number of hydrogen-bond acceptors (Lipinski definition) is 3. The van der Waals surface area contributed by atoms with E-state index in [1.54, 1.807) is 19.5 Å². The number of nitrogens with one attached hydrogen (secondary N) is 1. The molecule has 0 spiro atoms. The van der Waals surface area contributed by atoms with Crippen LogP contribution < -0.4 is 4.74 Å². The number of ether oxygens (including phenoxy) is 1. The normalized spacial score (nSPS) is 10.6. The summed E-state index contributed by atoms with van der Waals surface area (Å²) >= 11 is 0. The Kier molecular flexibility index (Phi) is 2.26. The highest BCUT2D eigenvalue weighted by atomic mass is 16.5. The summed E-state index contributed by atoms with van der Waals surface area (Å²) < 4.78 is 5.13. The van der Waals surface area contributed by atoms with Crippen LogP contribution >= 0.6 is 0 Å². The molecule has 0 saturated carbocycles. The first-order chi connectivity index (χ1) is 8.36. The molecule has 4 nitrogen and oxygen atoms in total. The summed E-state index contributed by atoms with van der Waals surface area (Å²) in [7, 11) is 1.66. The molecule has 0 aliphatic carbocycles. The van der Waals surface area contributed by atoms with Gasteiger partial charge in [-0.2, -0.15) is 0 Å². The van der Waals surface area contributed by atoms with Gasteiger partial charge in [-0.3, -0.25) is 4.98 Å². The van der Waals surface area contributed by atoms with Crippen LogP contribution in [-0.2, 0) is 0 Å². The maximum absolute atomic E-state index is 5.13. The van der Waals surface area contributed by atoms with Crippen LogP contribution in [0.5, 0.6) is 5.75 Å². The van der Waals surface area contributed by atoms with E-state index in [-0.39, 0.29) is 0 Å². The molecule has 0 amide bonds. The van der Waals surface area contributed by atoms with Crippen LogP contribution in [0, 0.1) is 0 Å². The predicted molar refractivity (Wildman–Crippen MR) is 65.9 cm³/mol. The molecule has 17 heavy (non-hydrogen) atoms. The number of aromatic nitrogens is 3. The van der Waals surface area contributed by atoms with E-state index in [1.165, 1.54) is 0 Å². The third-order valence-corrected chi connectivity index (χ3v) is 2.66. The molecule has 3 rings (SSSR count). The summed E-state index contributed by atoms with van der Waals surface area (Å²) in [6.07, 6.45) is 3.37. The zero-order valence-electron chi connectivity index (χ0n) is 9.34. The van der Waals surface area contributed by atoms with Crippen molar-refractivity contribution in [3.63, 3.8) is 0 Å². The third kappa shape index (κ3) is 1.73. The number of nitrogens with zero attached hydrogens (tertiary/aromatic N) is 2. The van der Waals surface area contributed by atoms with Crippen LogP contribution in [0.1, 0.15) is 0 Å². The van der Waals surface area contributed by atoms with E-state index < -0.39 is 0 Å². The van der Waals surface area contributed by atoms with Crippen molar-refractivity contribution in [3.05, 3.63) is 42.7 Å². The van der Waals surface area contributed by atoms with Gasteiger partial charge in [0.05, 0.1) is 7.11 Å². The van der Waals surface area contributed by atoms with Gasteiger partial charge >= 0.3 is 0 Å². The Labute approximate surface area is 98.3 Å². The zero-order valence-corrected chi connectivity index (χ0v) is 9.34. The summed E-state index contributed by atoms with van der Waals surface area (Å²) in [5.41, 5.74) is 3.77. The standard InChI is InChI=1S/C13H11N3O/c1-17-10-4-2-9(3-5-10)11-8-12-13(16-11)15-7-6-14-12/h2-8H,1H3,(H,15,16). The maximum Gasteiger partial charge on any atom is 0.156 e. The number of methoxy groups -OCH3 is 1. The molecule has 2 aromatic heterocycles. The van der Waals surface area contributed by atoms with Crippen LogP contribution in [0.25, 0.3) is 22.4 Å². The fourth-order valence-electron chi connectivity index (χ4n) is 1.78. The van der Waals surface area contributed by atoms with Crippen molar-refractivity contribution in [1.29, 1.82) is 0 Å². The fraction of sp³-hybridized carbons (Fsp3) is 0.0769. The van der Waals surface area contributed by atoms with Gasteiger partial charge in [-0.05, 0) is 35.9 Å². The zero-order chi connectivity index (χ0) is 11.7. The monoisotopic (exact) mass is 225 g/mol. The number of fused-ring (bicyclic) bond motifs is 1. The van der Waals surface area contributed by atoms with E-state index in [4.69, 9.17) is 4.74 Å². The lowest BCUT2D eigenvalue weighted by Crippen LogP contribution is -1.82. The highest BCUT2D eigenvalue weighted by molar-refractivity contribution is 5.79. The van der Waals surface area contributed by atoms with Gasteiger partial charge in [0.2, 0.25) is 0 Å². The summed E-state index contributed by atoms with van der Waals surface area (Å²) in [5, 5.41) is 0. The minimum atomic E-state index is 0.804. The Morgan fingerprint density at radius 2 is 1.82 bits per heavy atom. The second-order valence-corrected chi connectivity index (χ2v) is 3.70. The molecule has 1 aromatic carbocycles. The molecule has 84 valence electrons. The summed E-state index contributed by atoms with van der Waals surface area (Å²) in [5.74, 6) is 0.848. The Hall–Kier alpha value is -2.36. The van der Waals surface area contributed by atoms with E-state index in [0.29, 0.717) is 0 Å². The van der Waals surface area contributed by atoms with Crippen molar-refractivity contribution >= 4 is 11.2 Å². The molecule has 0 saturated heterocycles. The number of hydrogen-bond donors (Lipinski definition) is 1. The van der Waals surface area contributed by atoms with Gasteiger partial charge in [-0.1, -0.05) is 0 Å². The molecule has 1 N–H and O–H groups in total. The molecule has 3 aromatic rings. The first-order valence-electron chi connectivity index (χ1n) is 5.31. The number of rotatable bonds is 2. The van der Waals surface area contributed by atoms with Gasteiger partial charge < -0.3 is 9.72 Å². The topological polar surface area (TPSA) is 50.8 Å². The minimum Gasteiger partial charge on any atom is -0.497 e. The van der Waals surface area contributed by atoms with E-state index in [0.717, 1.165) is 28.2 Å². The molecule has 0 bridgehead atoms. The van der Waals surface area contributed by atoms with Gasteiger partial charge in [0.25, 0.3) is 0 Å². The highest BCUT2D eigenvalue weighted by Crippen LogP contribution is 2.23. The number of H-pyrrole nitrogens is 1. The second kappa shape index (κ2) is 3.90. The first-order valence-corrected chi connectivity index (χ1v) is 5.31.